The molecule has 0 spiro atoms. The van der Waals surface area contributed by atoms with Gasteiger partial charge in [0, 0.05) is 23.9 Å². The second-order valence-corrected chi connectivity index (χ2v) is 8.31. The first kappa shape index (κ1) is 23.1. The number of ether oxygens (including phenoxy) is 2. The number of hydrogen-bond donors (Lipinski definition) is 0. The second-order valence-electron chi connectivity index (χ2n) is 8.31. The molecule has 176 valence electrons. The fourth-order valence-corrected chi connectivity index (χ4v) is 4.66. The van der Waals surface area contributed by atoms with Gasteiger partial charge in [0.25, 0.3) is 0 Å². The van der Waals surface area contributed by atoms with Gasteiger partial charge >= 0.3 is 12.4 Å². The van der Waals surface area contributed by atoms with Gasteiger partial charge in [0.1, 0.15) is 0 Å². The molecule has 0 saturated carbocycles. The summed E-state index contributed by atoms with van der Waals surface area (Å²) in [5, 5.41) is 0. The zero-order valence-electron chi connectivity index (χ0n) is 18.1. The van der Waals surface area contributed by atoms with Crippen molar-refractivity contribution in [1.82, 2.24) is 4.57 Å². The van der Waals surface area contributed by atoms with E-state index in [4.69, 9.17) is 9.47 Å². The van der Waals surface area contributed by atoms with Crippen molar-refractivity contribution in [3.8, 4) is 11.5 Å². The van der Waals surface area contributed by atoms with E-state index < -0.39 is 28.9 Å². The molecule has 3 aromatic rings. The lowest BCUT2D eigenvalue weighted by molar-refractivity contribution is -0.143. The Morgan fingerprint density at radius 1 is 0.879 bits per heavy atom. The van der Waals surface area contributed by atoms with Crippen molar-refractivity contribution < 1.29 is 35.8 Å². The van der Waals surface area contributed by atoms with Crippen LogP contribution in [-0.2, 0) is 30.7 Å². The normalized spacial score (nSPS) is 18.0. The van der Waals surface area contributed by atoms with Crippen LogP contribution < -0.4 is 9.47 Å². The molecule has 3 nitrogen and oxygen atoms in total. The van der Waals surface area contributed by atoms with E-state index in [0.717, 1.165) is 29.0 Å². The van der Waals surface area contributed by atoms with Crippen molar-refractivity contribution in [3.63, 3.8) is 0 Å². The molecule has 0 bridgehead atoms. The van der Waals surface area contributed by atoms with E-state index in [9.17, 15) is 26.3 Å². The molecular weight excluding hydrogens is 448 g/mol. The van der Waals surface area contributed by atoms with Gasteiger partial charge in [0.05, 0.1) is 25.3 Å². The highest BCUT2D eigenvalue weighted by molar-refractivity contribution is 5.55. The maximum Gasteiger partial charge on any atom is 0.416 e. The van der Waals surface area contributed by atoms with Crippen molar-refractivity contribution in [2.75, 3.05) is 14.2 Å². The number of nitrogens with zero attached hydrogens (tertiary/aromatic N) is 1. The summed E-state index contributed by atoms with van der Waals surface area (Å²) < 4.78 is 93.2. The molecule has 1 aliphatic heterocycles. The van der Waals surface area contributed by atoms with Crippen LogP contribution in [0.15, 0.2) is 48.7 Å². The van der Waals surface area contributed by atoms with Crippen LogP contribution in [-0.4, -0.2) is 18.8 Å². The Kier molecular flexibility index (Phi) is 5.41. The average molecular weight is 469 g/mol. The van der Waals surface area contributed by atoms with Crippen molar-refractivity contribution in [2.24, 2.45) is 0 Å². The minimum absolute atomic E-state index is 0.0602. The topological polar surface area (TPSA) is 23.4 Å². The monoisotopic (exact) mass is 469 g/mol. The smallest absolute Gasteiger partial charge is 0.416 e. The molecule has 33 heavy (non-hydrogen) atoms. The molecule has 1 atom stereocenters. The van der Waals surface area contributed by atoms with E-state index in [2.05, 4.69) is 0 Å². The predicted octanol–water partition coefficient (Wildman–Crippen LogP) is 6.45. The van der Waals surface area contributed by atoms with Crippen molar-refractivity contribution in [1.29, 1.82) is 0 Å². The minimum Gasteiger partial charge on any atom is -0.493 e. The second kappa shape index (κ2) is 7.74. The van der Waals surface area contributed by atoms with Crippen LogP contribution in [0.3, 0.4) is 0 Å². The summed E-state index contributed by atoms with van der Waals surface area (Å²) in [6.45, 7) is 2.31. The molecular formula is C24H21F6NO2. The zero-order valence-corrected chi connectivity index (χ0v) is 18.1. The standard InChI is InChI=1S/C24H21F6NO2/c1-22(12-14-7-16(23(25,26)27)10-17(8-14)24(28,29)30)18-11-20(33-3)19(32-2)9-15(18)13-31-6-4-5-21(22)31/h4-11H,12-13H2,1-3H3. The van der Waals surface area contributed by atoms with Crippen molar-refractivity contribution in [2.45, 2.75) is 37.7 Å². The van der Waals surface area contributed by atoms with E-state index in [1.807, 2.05) is 23.8 Å². The van der Waals surface area contributed by atoms with Crippen molar-refractivity contribution in [3.05, 3.63) is 82.2 Å². The Bertz CT molecular complexity index is 1160. The van der Waals surface area contributed by atoms with Crippen LogP contribution in [0.4, 0.5) is 26.3 Å². The SMILES string of the molecule is COc1cc2c(cc1OC)C(C)(Cc1cc(C(F)(F)F)cc(C(F)(F)F)c1)c1cccn1C2. The fourth-order valence-electron chi connectivity index (χ4n) is 4.66. The molecule has 0 aliphatic carbocycles. The van der Waals surface area contributed by atoms with E-state index in [-0.39, 0.29) is 18.1 Å². The quantitative estimate of drug-likeness (QED) is 0.410. The zero-order chi connectivity index (χ0) is 24.2. The summed E-state index contributed by atoms with van der Waals surface area (Å²) in [6, 6.07) is 8.92. The number of alkyl halides is 6. The summed E-state index contributed by atoms with van der Waals surface area (Å²) in [5.41, 5.74) is -1.23. The number of rotatable bonds is 4. The number of fused-ring (bicyclic) bond motifs is 2. The molecule has 2 aromatic carbocycles. The van der Waals surface area contributed by atoms with E-state index >= 15 is 0 Å². The summed E-state index contributed by atoms with van der Waals surface area (Å²) >= 11 is 0. The molecule has 1 aliphatic rings. The number of benzene rings is 2. The van der Waals surface area contributed by atoms with Crippen LogP contribution in [0.5, 0.6) is 11.5 Å². The van der Waals surface area contributed by atoms with Crippen LogP contribution in [0.25, 0.3) is 0 Å². The van der Waals surface area contributed by atoms with Crippen LogP contribution in [0, 0.1) is 0 Å². The van der Waals surface area contributed by atoms with Gasteiger partial charge < -0.3 is 14.0 Å². The Morgan fingerprint density at radius 2 is 1.45 bits per heavy atom. The molecule has 1 aromatic heterocycles. The molecule has 4 rings (SSSR count). The van der Waals surface area contributed by atoms with E-state index in [0.29, 0.717) is 18.0 Å². The highest BCUT2D eigenvalue weighted by atomic mass is 19.4. The van der Waals surface area contributed by atoms with Gasteiger partial charge in [-0.2, -0.15) is 26.3 Å². The first-order valence-electron chi connectivity index (χ1n) is 10.1. The number of hydrogen-bond acceptors (Lipinski definition) is 2. The van der Waals surface area contributed by atoms with E-state index in [1.54, 1.807) is 18.2 Å². The van der Waals surface area contributed by atoms with Gasteiger partial charge in [-0.25, -0.2) is 0 Å². The molecule has 0 saturated heterocycles. The van der Waals surface area contributed by atoms with Gasteiger partial charge in [0.15, 0.2) is 11.5 Å². The highest BCUT2D eigenvalue weighted by Gasteiger charge is 2.41. The van der Waals surface area contributed by atoms with Gasteiger partial charge in [-0.05, 0) is 72.5 Å². The molecule has 1 unspecified atom stereocenters. The third-order valence-corrected chi connectivity index (χ3v) is 6.14. The summed E-state index contributed by atoms with van der Waals surface area (Å²) in [7, 11) is 2.96. The molecule has 2 heterocycles. The van der Waals surface area contributed by atoms with Crippen molar-refractivity contribution >= 4 is 0 Å². The fraction of sp³-hybridized carbons (Fsp3) is 0.333. The van der Waals surface area contributed by atoms with Crippen LogP contribution in [0.1, 0.15) is 40.4 Å². The first-order valence-corrected chi connectivity index (χ1v) is 10.1. The molecule has 9 heteroatoms. The summed E-state index contributed by atoms with van der Waals surface area (Å²) in [6.07, 6.45) is -8.05. The Labute approximate surface area is 186 Å². The van der Waals surface area contributed by atoms with Gasteiger partial charge in [-0.3, -0.25) is 0 Å². The molecule has 0 N–H and O–H groups in total. The minimum atomic E-state index is -4.90. The third kappa shape index (κ3) is 4.05. The molecule has 0 amide bonds. The number of halogens is 6. The maximum atomic E-state index is 13.4. The third-order valence-electron chi connectivity index (χ3n) is 6.14. The average Bonchev–Trinajstić information content (AvgIpc) is 3.21. The Balaban J connectivity index is 1.91. The number of methoxy groups -OCH3 is 2. The van der Waals surface area contributed by atoms with Gasteiger partial charge in [-0.15, -0.1) is 0 Å². The Hall–Kier alpha value is -3.10. The van der Waals surface area contributed by atoms with E-state index in [1.165, 1.54) is 14.2 Å². The lowest BCUT2D eigenvalue weighted by atomic mass is 9.71. The Morgan fingerprint density at radius 3 is 2.00 bits per heavy atom. The van der Waals surface area contributed by atoms with Gasteiger partial charge in [-0.1, -0.05) is 0 Å². The largest absolute Gasteiger partial charge is 0.493 e. The maximum absolute atomic E-state index is 13.4. The van der Waals surface area contributed by atoms with Crippen LogP contribution >= 0.6 is 0 Å². The predicted molar refractivity (Wildman–Crippen MR) is 110 cm³/mol. The molecule has 0 radical (unpaired) electrons. The number of aromatic nitrogens is 1. The summed E-state index contributed by atoms with van der Waals surface area (Å²) in [5.74, 6) is 0.926. The summed E-state index contributed by atoms with van der Waals surface area (Å²) in [4.78, 5) is 0. The first-order chi connectivity index (χ1) is 15.4. The highest BCUT2D eigenvalue weighted by Crippen LogP contribution is 2.46. The van der Waals surface area contributed by atoms with Gasteiger partial charge in [0.2, 0.25) is 0 Å². The van der Waals surface area contributed by atoms with Crippen LogP contribution in [0.2, 0.25) is 0 Å². The lowest BCUT2D eigenvalue weighted by Crippen LogP contribution is -2.35. The lowest BCUT2D eigenvalue weighted by Gasteiger charge is -2.38. The molecule has 0 fully saturated rings.